The first-order valence-electron chi connectivity index (χ1n) is 9.12. The minimum atomic E-state index is -0.796. The Balaban J connectivity index is 1.98. The number of carbonyl (C=O) groups is 2. The van der Waals surface area contributed by atoms with Gasteiger partial charge in [0.05, 0.1) is 5.69 Å². The number of hydrogen-bond acceptors (Lipinski definition) is 5. The van der Waals surface area contributed by atoms with Crippen molar-refractivity contribution in [2.24, 2.45) is 11.1 Å². The Morgan fingerprint density at radius 2 is 2.03 bits per heavy atom. The lowest BCUT2D eigenvalue weighted by Crippen LogP contribution is -2.33. The third-order valence-electron chi connectivity index (χ3n) is 5.26. The van der Waals surface area contributed by atoms with Crippen molar-refractivity contribution < 1.29 is 14.0 Å². The largest absolute Gasteiger partial charge is 0.351 e. The second-order valence-corrected chi connectivity index (χ2v) is 9.11. The lowest BCUT2D eigenvalue weighted by molar-refractivity contribution is -0.118. The van der Waals surface area contributed by atoms with Crippen LogP contribution in [0.3, 0.4) is 0 Å². The quantitative estimate of drug-likeness (QED) is 0.680. The van der Waals surface area contributed by atoms with Crippen molar-refractivity contribution in [2.45, 2.75) is 32.6 Å². The summed E-state index contributed by atoms with van der Waals surface area (Å²) in [4.78, 5) is 25.1. The van der Waals surface area contributed by atoms with Crippen LogP contribution in [-0.2, 0) is 4.79 Å². The number of nitriles is 1. The SMILES string of the molecule is CC1(C)CC(=O)C2=C(C1)Nc1sc(C#N)c(NC(N)=O)c1C2c1ccc(F)cc1. The predicted octanol–water partition coefficient (Wildman–Crippen LogP) is 4.45. The van der Waals surface area contributed by atoms with Crippen LogP contribution >= 0.6 is 11.3 Å². The molecule has 8 heteroatoms. The Morgan fingerprint density at radius 1 is 1.34 bits per heavy atom. The van der Waals surface area contributed by atoms with E-state index in [1.807, 2.05) is 13.8 Å². The molecular formula is C21H19FN4O2S. The van der Waals surface area contributed by atoms with Gasteiger partial charge in [0, 0.05) is 29.2 Å². The molecule has 6 nitrogen and oxygen atoms in total. The number of nitrogens with zero attached hydrogens (tertiary/aromatic N) is 1. The number of nitrogens with two attached hydrogens (primary N) is 1. The van der Waals surface area contributed by atoms with Gasteiger partial charge >= 0.3 is 6.03 Å². The third kappa shape index (κ3) is 3.28. The van der Waals surface area contributed by atoms with Gasteiger partial charge in [-0.2, -0.15) is 5.26 Å². The van der Waals surface area contributed by atoms with E-state index in [-0.39, 0.29) is 17.0 Å². The number of halogens is 1. The zero-order chi connectivity index (χ0) is 20.9. The maximum Gasteiger partial charge on any atom is 0.316 e. The van der Waals surface area contributed by atoms with Crippen molar-refractivity contribution in [3.63, 3.8) is 0 Å². The molecule has 0 radical (unpaired) electrons. The summed E-state index contributed by atoms with van der Waals surface area (Å²) in [6.45, 7) is 4.07. The number of carbonyl (C=O) groups excluding carboxylic acids is 2. The number of Topliss-reactive ketones (excluding diaryl/α,β-unsaturated/α-hetero) is 1. The topological polar surface area (TPSA) is 108 Å². The fraction of sp³-hybridized carbons (Fsp3) is 0.286. The van der Waals surface area contributed by atoms with Gasteiger partial charge in [0.2, 0.25) is 0 Å². The molecule has 1 aromatic heterocycles. The smallest absolute Gasteiger partial charge is 0.316 e. The molecule has 1 atom stereocenters. The van der Waals surface area contributed by atoms with Crippen LogP contribution in [0.4, 0.5) is 19.9 Å². The van der Waals surface area contributed by atoms with Crippen LogP contribution in [0.2, 0.25) is 0 Å². The first-order valence-corrected chi connectivity index (χ1v) is 9.94. The van der Waals surface area contributed by atoms with E-state index in [4.69, 9.17) is 5.73 Å². The molecule has 0 spiro atoms. The number of anilines is 2. The molecule has 2 aromatic rings. The van der Waals surface area contributed by atoms with E-state index in [9.17, 15) is 19.2 Å². The molecule has 1 unspecified atom stereocenters. The highest BCUT2D eigenvalue weighted by atomic mass is 32.1. The molecule has 2 heterocycles. The first-order chi connectivity index (χ1) is 13.7. The van der Waals surface area contributed by atoms with Crippen LogP contribution in [0.1, 0.15) is 48.6 Å². The van der Waals surface area contributed by atoms with Crippen LogP contribution in [0.15, 0.2) is 35.5 Å². The molecule has 1 aliphatic carbocycles. The summed E-state index contributed by atoms with van der Waals surface area (Å²) >= 11 is 1.20. The van der Waals surface area contributed by atoms with Gasteiger partial charge in [-0.15, -0.1) is 11.3 Å². The van der Waals surface area contributed by atoms with Gasteiger partial charge in [-0.3, -0.25) is 4.79 Å². The Hall–Kier alpha value is -3.18. The number of benzene rings is 1. The number of amides is 2. The zero-order valence-electron chi connectivity index (χ0n) is 15.9. The molecule has 4 N–H and O–H groups in total. The standard InChI is InChI=1S/C21H19FN4O2S/c1-21(2)7-12-16(13(27)8-21)15(10-3-5-11(22)6-4-10)17-18(26-20(24)28)14(9-23)29-19(17)25-12/h3-6,15,25H,7-8H2,1-2H3,(H3,24,26,28). The van der Waals surface area contributed by atoms with Crippen molar-refractivity contribution >= 4 is 33.8 Å². The summed E-state index contributed by atoms with van der Waals surface area (Å²) in [5.41, 5.74) is 8.17. The summed E-state index contributed by atoms with van der Waals surface area (Å²) in [5.74, 6) is -0.907. The Morgan fingerprint density at radius 3 is 2.66 bits per heavy atom. The molecule has 0 saturated carbocycles. The van der Waals surface area contributed by atoms with Crippen LogP contribution in [0, 0.1) is 22.6 Å². The van der Waals surface area contributed by atoms with E-state index in [0.29, 0.717) is 45.1 Å². The lowest BCUT2D eigenvalue weighted by atomic mass is 9.69. The highest BCUT2D eigenvalue weighted by molar-refractivity contribution is 7.17. The van der Waals surface area contributed by atoms with E-state index in [2.05, 4.69) is 16.7 Å². The van der Waals surface area contributed by atoms with Gasteiger partial charge in [-0.1, -0.05) is 26.0 Å². The second kappa shape index (κ2) is 6.71. The highest BCUT2D eigenvalue weighted by Gasteiger charge is 2.43. The minimum absolute atomic E-state index is 0.00143. The van der Waals surface area contributed by atoms with Crippen LogP contribution in [0.5, 0.6) is 0 Å². The number of fused-ring (bicyclic) bond motifs is 1. The Labute approximate surface area is 171 Å². The summed E-state index contributed by atoms with van der Waals surface area (Å²) in [7, 11) is 0. The van der Waals surface area contributed by atoms with Gasteiger partial charge in [0.1, 0.15) is 21.8 Å². The van der Waals surface area contributed by atoms with Gasteiger partial charge in [-0.05, 0) is 29.5 Å². The average molecular weight is 410 g/mol. The Kier molecular flexibility index (Phi) is 4.43. The maximum atomic E-state index is 13.6. The molecule has 0 fully saturated rings. The highest BCUT2D eigenvalue weighted by Crippen LogP contribution is 2.54. The minimum Gasteiger partial charge on any atom is -0.351 e. The van der Waals surface area contributed by atoms with Crippen molar-refractivity contribution in [3.05, 3.63) is 57.4 Å². The van der Waals surface area contributed by atoms with Gasteiger partial charge in [0.15, 0.2) is 5.78 Å². The number of allylic oxidation sites excluding steroid dienone is 2. The fourth-order valence-corrected chi connectivity index (χ4v) is 5.21. The summed E-state index contributed by atoms with van der Waals surface area (Å²) in [6.07, 6.45) is 1.05. The lowest BCUT2D eigenvalue weighted by Gasteiger charge is -2.38. The molecule has 2 aliphatic rings. The predicted molar refractivity (Wildman–Crippen MR) is 109 cm³/mol. The number of thiophene rings is 1. The van der Waals surface area contributed by atoms with Crippen LogP contribution in [0.25, 0.3) is 0 Å². The van der Waals surface area contributed by atoms with Gasteiger partial charge in [-0.25, -0.2) is 9.18 Å². The molecule has 148 valence electrons. The van der Waals surface area contributed by atoms with E-state index >= 15 is 0 Å². The van der Waals surface area contributed by atoms with Crippen LogP contribution < -0.4 is 16.4 Å². The molecule has 1 aromatic carbocycles. The second-order valence-electron chi connectivity index (χ2n) is 8.09. The number of ketones is 1. The normalized spacial score (nSPS) is 19.7. The van der Waals surface area contributed by atoms with Crippen molar-refractivity contribution in [1.82, 2.24) is 0 Å². The molecule has 4 rings (SSSR count). The molecule has 0 saturated heterocycles. The molecule has 2 amide bonds. The summed E-state index contributed by atoms with van der Waals surface area (Å²) in [6, 6.07) is 7.24. The van der Waals surface area contributed by atoms with Crippen molar-refractivity contribution in [3.8, 4) is 6.07 Å². The number of hydrogen-bond donors (Lipinski definition) is 3. The fourth-order valence-electron chi connectivity index (χ4n) is 4.19. The van der Waals surface area contributed by atoms with E-state index in [1.165, 1.54) is 23.5 Å². The number of rotatable bonds is 2. The summed E-state index contributed by atoms with van der Waals surface area (Å²) < 4.78 is 13.6. The molecule has 29 heavy (non-hydrogen) atoms. The van der Waals surface area contributed by atoms with E-state index in [1.54, 1.807) is 12.1 Å². The van der Waals surface area contributed by atoms with E-state index < -0.39 is 11.9 Å². The van der Waals surface area contributed by atoms with Gasteiger partial charge in [0.25, 0.3) is 0 Å². The third-order valence-corrected chi connectivity index (χ3v) is 6.29. The zero-order valence-corrected chi connectivity index (χ0v) is 16.7. The average Bonchev–Trinajstić information content (AvgIpc) is 2.96. The van der Waals surface area contributed by atoms with Crippen molar-refractivity contribution in [1.29, 1.82) is 5.26 Å². The monoisotopic (exact) mass is 410 g/mol. The number of primary amides is 1. The molecule has 1 aliphatic heterocycles. The van der Waals surface area contributed by atoms with Gasteiger partial charge < -0.3 is 16.4 Å². The molecular weight excluding hydrogens is 391 g/mol. The number of nitrogens with one attached hydrogen (secondary N) is 2. The first kappa shape index (κ1) is 19.2. The Bertz CT molecular complexity index is 1110. The summed E-state index contributed by atoms with van der Waals surface area (Å²) in [5, 5.41) is 16.1. The van der Waals surface area contributed by atoms with Crippen molar-refractivity contribution in [2.75, 3.05) is 10.6 Å². The van der Waals surface area contributed by atoms with E-state index in [0.717, 1.165) is 5.70 Å². The maximum absolute atomic E-state index is 13.6. The number of urea groups is 1. The van der Waals surface area contributed by atoms with Crippen LogP contribution in [-0.4, -0.2) is 11.8 Å². The molecule has 0 bridgehead atoms.